The lowest BCUT2D eigenvalue weighted by Crippen LogP contribution is -1.81. The first-order chi connectivity index (χ1) is 37.2. The minimum atomic E-state index is 1.19. The fourth-order valence-electron chi connectivity index (χ4n) is 11.2. The minimum absolute atomic E-state index is 1.19. The second-order valence-corrected chi connectivity index (χ2v) is 19.1. The predicted octanol–water partition coefficient (Wildman–Crippen LogP) is 20.5. The Morgan fingerprint density at radius 3 is 1.09 bits per heavy atom. The molecule has 0 nitrogen and oxygen atoms in total. The Bertz CT molecular complexity index is 4080. The summed E-state index contributed by atoms with van der Waals surface area (Å²) in [6.45, 7) is 0. The van der Waals surface area contributed by atoms with Crippen molar-refractivity contribution >= 4 is 86.2 Å². The normalized spacial score (nSPS) is 11.4. The van der Waals surface area contributed by atoms with Gasteiger partial charge in [-0.2, -0.15) is 0 Å². The molecule has 15 aromatic rings. The van der Waals surface area contributed by atoms with Crippen LogP contribution in [0.2, 0.25) is 0 Å². The van der Waals surface area contributed by atoms with Crippen LogP contribution in [-0.2, 0) is 0 Å². The Kier molecular flexibility index (Phi) is 12.1. The maximum atomic E-state index is 3.41. The van der Waals surface area contributed by atoms with Crippen molar-refractivity contribution in [3.63, 3.8) is 0 Å². The van der Waals surface area contributed by atoms with E-state index in [2.05, 4.69) is 285 Å². The average Bonchev–Trinajstić information content (AvgIpc) is 4.04. The maximum absolute atomic E-state index is 3.41. The van der Waals surface area contributed by atoms with E-state index in [0.717, 1.165) is 0 Å². The van der Waals surface area contributed by atoms with E-state index in [1.165, 1.54) is 131 Å². The highest BCUT2D eigenvalue weighted by atomic mass is 14.2. The van der Waals surface area contributed by atoms with E-state index in [0.29, 0.717) is 0 Å². The number of hydrogen-bond donors (Lipinski definition) is 0. The van der Waals surface area contributed by atoms with Gasteiger partial charge in [0.2, 0.25) is 0 Å². The van der Waals surface area contributed by atoms with E-state index in [-0.39, 0.29) is 0 Å². The van der Waals surface area contributed by atoms with Gasteiger partial charge in [0.1, 0.15) is 0 Å². The molecule has 0 saturated heterocycles. The first-order valence-corrected chi connectivity index (χ1v) is 25.7. The number of benzene rings is 15. The molecule has 75 heavy (non-hydrogen) atoms. The van der Waals surface area contributed by atoms with Crippen LogP contribution >= 0.6 is 0 Å². The molecule has 0 unspecified atom stereocenters. The SMILES string of the molecule is [CH]1c2ccccc2-c2ccccc21.[c]1c2ccccc2cc2ccccc12.[c]1cccc2c1ccc1ccccc12.c1ccc2c(c1)-c1cccc3cccc-2c13.c1ccc2c(c1)c1ccccc1c1ccccc21. The van der Waals surface area contributed by atoms with Gasteiger partial charge in [0.15, 0.2) is 0 Å². The highest BCUT2D eigenvalue weighted by Crippen LogP contribution is 2.46. The standard InChI is InChI=1S/C18H12.C16H10.2C14H9.C13H9/c1-2-8-14-13(7-1)15-9-3-4-11-17(15)18-12-6-5-10-16(14)18;1-2-8-13-12(7-1)14-9-3-5-11-6-4-10-15(13)16(11)14;1-3-7-13-11(5-1)9-10-12-6-2-4-8-14(12)13;1-2-6-12-10-14-8-4-3-7-13(14)9-11(12)5-1;1-3-7-12-10(5-1)9-11-6-2-4-8-13(11)12/h1-12H;1-10H;1-5,7-10H;1-9H;1-9H. The minimum Gasteiger partial charge on any atom is -0.0619 e. The van der Waals surface area contributed by atoms with Crippen molar-refractivity contribution in [2.24, 2.45) is 0 Å². The number of fused-ring (bicyclic) bond motifs is 17. The van der Waals surface area contributed by atoms with Crippen LogP contribution in [0.4, 0.5) is 0 Å². The molecule has 2 aliphatic rings. The van der Waals surface area contributed by atoms with Gasteiger partial charge in [0.05, 0.1) is 0 Å². The molecule has 2 aliphatic carbocycles. The summed E-state index contributed by atoms with van der Waals surface area (Å²) < 4.78 is 0. The molecule has 17 rings (SSSR count). The molecule has 0 heterocycles. The number of rotatable bonds is 0. The van der Waals surface area contributed by atoms with Crippen molar-refractivity contribution in [1.82, 2.24) is 0 Å². The van der Waals surface area contributed by atoms with E-state index in [1.54, 1.807) is 0 Å². The second kappa shape index (κ2) is 20.1. The van der Waals surface area contributed by atoms with Crippen LogP contribution in [0.3, 0.4) is 0 Å². The summed E-state index contributed by atoms with van der Waals surface area (Å²) in [7, 11) is 0. The summed E-state index contributed by atoms with van der Waals surface area (Å²) in [6.07, 6.45) is 2.24. The van der Waals surface area contributed by atoms with Crippen molar-refractivity contribution in [3.8, 4) is 33.4 Å². The molecule has 0 bridgehead atoms. The van der Waals surface area contributed by atoms with Gasteiger partial charge >= 0.3 is 0 Å². The van der Waals surface area contributed by atoms with Gasteiger partial charge in [-0.25, -0.2) is 0 Å². The van der Waals surface area contributed by atoms with Crippen molar-refractivity contribution in [2.45, 2.75) is 0 Å². The van der Waals surface area contributed by atoms with Gasteiger partial charge in [0, 0.05) is 6.42 Å². The Balaban J connectivity index is 0.0000000905. The van der Waals surface area contributed by atoms with Gasteiger partial charge in [0.25, 0.3) is 0 Å². The maximum Gasteiger partial charge on any atom is 0.0211 e. The molecule has 0 aromatic heterocycles. The first kappa shape index (κ1) is 45.3. The molecule has 0 aliphatic heterocycles. The monoisotopic (exact) mass is 949 g/mol. The third-order valence-corrected chi connectivity index (χ3v) is 14.7. The molecule has 0 fully saturated rings. The molecule has 349 valence electrons. The summed E-state index contributed by atoms with van der Waals surface area (Å²) in [5.41, 5.74) is 10.9. The molecule has 0 N–H and O–H groups in total. The second-order valence-electron chi connectivity index (χ2n) is 19.1. The Labute approximate surface area is 438 Å². The van der Waals surface area contributed by atoms with Crippen LogP contribution in [0.15, 0.2) is 291 Å². The topological polar surface area (TPSA) is 0 Å². The third kappa shape index (κ3) is 8.73. The lowest BCUT2D eigenvalue weighted by molar-refractivity contribution is 1.54. The van der Waals surface area contributed by atoms with Crippen LogP contribution in [0.25, 0.3) is 120 Å². The molecular formula is C75H49. The zero-order chi connectivity index (χ0) is 49.9. The van der Waals surface area contributed by atoms with Gasteiger partial charge < -0.3 is 0 Å². The van der Waals surface area contributed by atoms with Crippen LogP contribution in [-0.4, -0.2) is 0 Å². The van der Waals surface area contributed by atoms with E-state index >= 15 is 0 Å². The summed E-state index contributed by atoms with van der Waals surface area (Å²) in [4.78, 5) is 0. The van der Waals surface area contributed by atoms with Crippen LogP contribution in [0.5, 0.6) is 0 Å². The summed E-state index contributed by atoms with van der Waals surface area (Å²) in [6, 6.07) is 109. The fourth-order valence-corrected chi connectivity index (χ4v) is 11.2. The van der Waals surface area contributed by atoms with Gasteiger partial charge in [-0.3, -0.25) is 0 Å². The van der Waals surface area contributed by atoms with Gasteiger partial charge in [-0.15, -0.1) is 0 Å². The Hall–Kier alpha value is -9.62. The van der Waals surface area contributed by atoms with Crippen molar-refractivity contribution in [2.75, 3.05) is 0 Å². The Morgan fingerprint density at radius 1 is 0.213 bits per heavy atom. The third-order valence-electron chi connectivity index (χ3n) is 14.7. The lowest BCUT2D eigenvalue weighted by atomic mass is 9.95. The molecule has 15 aromatic carbocycles. The number of hydrogen-bond acceptors (Lipinski definition) is 0. The molecule has 0 amide bonds. The average molecular weight is 950 g/mol. The Morgan fingerprint density at radius 2 is 0.587 bits per heavy atom. The van der Waals surface area contributed by atoms with Crippen molar-refractivity contribution in [3.05, 3.63) is 321 Å². The van der Waals surface area contributed by atoms with E-state index in [4.69, 9.17) is 0 Å². The van der Waals surface area contributed by atoms with Gasteiger partial charge in [-0.1, -0.05) is 285 Å². The van der Waals surface area contributed by atoms with E-state index in [1.807, 2.05) is 24.3 Å². The summed E-state index contributed by atoms with van der Waals surface area (Å²) >= 11 is 0. The smallest absolute Gasteiger partial charge is 0.0211 e. The first-order valence-electron chi connectivity index (χ1n) is 25.7. The molecule has 3 radical (unpaired) electrons. The largest absolute Gasteiger partial charge is 0.0619 e. The molecule has 0 saturated carbocycles. The molecular weight excluding hydrogens is 901 g/mol. The van der Waals surface area contributed by atoms with Gasteiger partial charge in [-0.05, 0) is 149 Å². The quantitative estimate of drug-likeness (QED) is 0.105. The van der Waals surface area contributed by atoms with E-state index in [9.17, 15) is 0 Å². The summed E-state index contributed by atoms with van der Waals surface area (Å²) in [5, 5.41) is 20.7. The van der Waals surface area contributed by atoms with Crippen molar-refractivity contribution in [1.29, 1.82) is 0 Å². The predicted molar refractivity (Wildman–Crippen MR) is 322 cm³/mol. The summed E-state index contributed by atoms with van der Waals surface area (Å²) in [5.74, 6) is 0. The highest BCUT2D eigenvalue weighted by Gasteiger charge is 2.20. The van der Waals surface area contributed by atoms with Crippen LogP contribution in [0, 0.1) is 18.6 Å². The molecule has 0 heteroatoms. The zero-order valence-electron chi connectivity index (χ0n) is 41.3. The molecule has 0 atom stereocenters. The van der Waals surface area contributed by atoms with Crippen LogP contribution in [0.1, 0.15) is 11.1 Å². The molecule has 0 spiro atoms. The van der Waals surface area contributed by atoms with E-state index < -0.39 is 0 Å². The zero-order valence-corrected chi connectivity index (χ0v) is 41.3. The lowest BCUT2D eigenvalue weighted by Gasteiger charge is -2.09. The fraction of sp³-hybridized carbons (Fsp3) is 0. The highest BCUT2D eigenvalue weighted by molar-refractivity contribution is 6.25. The van der Waals surface area contributed by atoms with Crippen LogP contribution < -0.4 is 0 Å². The van der Waals surface area contributed by atoms with Crippen molar-refractivity contribution < 1.29 is 0 Å².